The van der Waals surface area contributed by atoms with Crippen molar-refractivity contribution in [2.45, 2.75) is 58.8 Å². The molecule has 2 aromatic carbocycles. The number of hydrogen-bond donors (Lipinski definition) is 2. The highest BCUT2D eigenvalue weighted by atomic mass is 32.1. The van der Waals surface area contributed by atoms with Gasteiger partial charge in [0, 0.05) is 16.3 Å². The number of rotatable bonds is 4. The van der Waals surface area contributed by atoms with Crippen LogP contribution in [0.2, 0.25) is 0 Å². The topological polar surface area (TPSA) is 78.9 Å². The van der Waals surface area contributed by atoms with Gasteiger partial charge in [-0.2, -0.15) is 0 Å². The number of carboxylic acids is 1. The number of thiazole rings is 1. The van der Waals surface area contributed by atoms with Crippen LogP contribution >= 0.6 is 11.3 Å². The Morgan fingerprint density at radius 1 is 1.00 bits per heavy atom. The Morgan fingerprint density at radius 3 is 2.53 bits per heavy atom. The number of aryl methyl sites for hydroxylation is 3. The van der Waals surface area contributed by atoms with E-state index in [-0.39, 0.29) is 0 Å². The van der Waals surface area contributed by atoms with Gasteiger partial charge in [0.15, 0.2) is 0 Å². The third-order valence-electron chi connectivity index (χ3n) is 7.63. The van der Waals surface area contributed by atoms with Gasteiger partial charge in [-0.25, -0.2) is 14.8 Å². The fourth-order valence-electron chi connectivity index (χ4n) is 5.88. The van der Waals surface area contributed by atoms with Crippen molar-refractivity contribution in [3.63, 3.8) is 0 Å². The van der Waals surface area contributed by atoms with Crippen LogP contribution in [0.1, 0.15) is 70.2 Å². The highest BCUT2D eigenvalue weighted by molar-refractivity contribution is 7.15. The summed E-state index contributed by atoms with van der Waals surface area (Å²) in [5.74, 6) is -0.407. The highest BCUT2D eigenvalue weighted by Gasteiger charge is 2.25. The maximum atomic E-state index is 11.8. The standard InChI is InChI=1S/C30H29N3O2S/c1-16-22(30(34)35)11-12-23-26(19-7-5-4-6-8-19)28(33-27(16)23)21-10-13-24-20(15-21)9-14-25(32-24)29-17(2)31-18(3)36-29/h9-15,19,33H,4-8H2,1-3H3,(H,34,35). The molecule has 6 rings (SSSR count). The molecule has 0 saturated heterocycles. The molecule has 5 aromatic rings. The maximum Gasteiger partial charge on any atom is 0.336 e. The highest BCUT2D eigenvalue weighted by Crippen LogP contribution is 2.43. The Labute approximate surface area is 214 Å². The van der Waals surface area contributed by atoms with Crippen LogP contribution in [0.3, 0.4) is 0 Å². The van der Waals surface area contributed by atoms with E-state index in [1.165, 1.54) is 37.7 Å². The van der Waals surface area contributed by atoms with Crippen LogP contribution in [0.15, 0.2) is 42.5 Å². The van der Waals surface area contributed by atoms with Gasteiger partial charge >= 0.3 is 5.97 Å². The van der Waals surface area contributed by atoms with Crippen molar-refractivity contribution < 1.29 is 9.90 Å². The lowest BCUT2D eigenvalue weighted by Crippen LogP contribution is -2.05. The Kier molecular flexibility index (Phi) is 5.64. The van der Waals surface area contributed by atoms with E-state index in [2.05, 4.69) is 40.3 Å². The van der Waals surface area contributed by atoms with Gasteiger partial charge < -0.3 is 10.1 Å². The molecule has 0 bridgehead atoms. The van der Waals surface area contributed by atoms with Crippen molar-refractivity contribution >= 4 is 39.1 Å². The van der Waals surface area contributed by atoms with E-state index in [1.54, 1.807) is 17.4 Å². The molecule has 0 unspecified atom stereocenters. The number of fused-ring (bicyclic) bond motifs is 2. The minimum atomic E-state index is -0.885. The summed E-state index contributed by atoms with van der Waals surface area (Å²) in [6.07, 6.45) is 6.12. The molecular weight excluding hydrogens is 466 g/mol. The lowest BCUT2D eigenvalue weighted by Gasteiger charge is -2.23. The van der Waals surface area contributed by atoms with E-state index < -0.39 is 5.97 Å². The normalized spacial score (nSPS) is 14.6. The van der Waals surface area contributed by atoms with Crippen LogP contribution in [0.5, 0.6) is 0 Å². The average molecular weight is 496 g/mol. The summed E-state index contributed by atoms with van der Waals surface area (Å²) < 4.78 is 0. The molecule has 6 heteroatoms. The molecule has 5 nitrogen and oxygen atoms in total. The quantitative estimate of drug-likeness (QED) is 0.263. The summed E-state index contributed by atoms with van der Waals surface area (Å²) in [4.78, 5) is 26.1. The van der Waals surface area contributed by atoms with E-state index in [0.29, 0.717) is 11.5 Å². The van der Waals surface area contributed by atoms with Crippen LogP contribution in [-0.4, -0.2) is 26.0 Å². The lowest BCUT2D eigenvalue weighted by atomic mass is 9.81. The Morgan fingerprint density at radius 2 is 1.81 bits per heavy atom. The molecule has 0 aliphatic heterocycles. The van der Waals surface area contributed by atoms with Crippen LogP contribution in [0.4, 0.5) is 0 Å². The summed E-state index contributed by atoms with van der Waals surface area (Å²) >= 11 is 1.68. The lowest BCUT2D eigenvalue weighted by molar-refractivity contribution is 0.0696. The van der Waals surface area contributed by atoms with Crippen molar-refractivity contribution in [3.05, 3.63) is 69.9 Å². The van der Waals surface area contributed by atoms with E-state index in [9.17, 15) is 9.90 Å². The minimum Gasteiger partial charge on any atom is -0.478 e. The smallest absolute Gasteiger partial charge is 0.336 e. The van der Waals surface area contributed by atoms with Crippen LogP contribution in [0, 0.1) is 20.8 Å². The molecule has 1 aliphatic carbocycles. The van der Waals surface area contributed by atoms with Gasteiger partial charge in [-0.1, -0.05) is 37.5 Å². The summed E-state index contributed by atoms with van der Waals surface area (Å²) in [5, 5.41) is 13.0. The Balaban J connectivity index is 1.51. The predicted molar refractivity (Wildman–Crippen MR) is 147 cm³/mol. The zero-order valence-electron chi connectivity index (χ0n) is 20.8. The first-order chi connectivity index (χ1) is 17.4. The minimum absolute atomic E-state index is 0.356. The van der Waals surface area contributed by atoms with Crippen molar-refractivity contribution in [1.82, 2.24) is 15.0 Å². The second-order valence-corrected chi connectivity index (χ2v) is 11.2. The molecule has 0 radical (unpaired) electrons. The number of carbonyl (C=O) groups is 1. The number of pyridine rings is 1. The van der Waals surface area contributed by atoms with Gasteiger partial charge in [-0.05, 0) is 80.5 Å². The van der Waals surface area contributed by atoms with E-state index in [4.69, 9.17) is 4.98 Å². The molecule has 36 heavy (non-hydrogen) atoms. The zero-order valence-corrected chi connectivity index (χ0v) is 21.6. The SMILES string of the molecule is Cc1nc(C)c(-c2ccc3cc(-c4[nH]c5c(C)c(C(=O)O)ccc5c4C4CCCCC4)ccc3n2)s1. The third kappa shape index (κ3) is 3.80. The fraction of sp³-hybridized carbons (Fsp3) is 0.300. The zero-order chi connectivity index (χ0) is 25.0. The number of hydrogen-bond acceptors (Lipinski definition) is 4. The van der Waals surface area contributed by atoms with Gasteiger partial charge in [-0.15, -0.1) is 11.3 Å². The average Bonchev–Trinajstić information content (AvgIpc) is 3.44. The third-order valence-corrected chi connectivity index (χ3v) is 8.73. The number of H-pyrrole nitrogens is 1. The number of aromatic carboxylic acids is 1. The number of nitrogens with one attached hydrogen (secondary N) is 1. The molecule has 0 amide bonds. The van der Waals surface area contributed by atoms with Crippen molar-refractivity contribution in [1.29, 1.82) is 0 Å². The first-order valence-electron chi connectivity index (χ1n) is 12.6. The van der Waals surface area contributed by atoms with E-state index in [1.807, 2.05) is 26.8 Å². The molecule has 1 aliphatic rings. The molecule has 1 saturated carbocycles. The first kappa shape index (κ1) is 22.9. The van der Waals surface area contributed by atoms with Crippen LogP contribution in [0.25, 0.3) is 43.6 Å². The molecular formula is C30H29N3O2S. The summed E-state index contributed by atoms with van der Waals surface area (Å²) in [7, 11) is 0. The van der Waals surface area contributed by atoms with Gasteiger partial charge in [0.1, 0.15) is 0 Å². The maximum absolute atomic E-state index is 11.8. The second kappa shape index (κ2) is 8.86. The van der Waals surface area contributed by atoms with E-state index >= 15 is 0 Å². The molecule has 0 atom stereocenters. The van der Waals surface area contributed by atoms with Gasteiger partial charge in [0.05, 0.1) is 38.0 Å². The van der Waals surface area contributed by atoms with Crippen molar-refractivity contribution in [2.24, 2.45) is 0 Å². The Hall–Kier alpha value is -3.51. The Bertz CT molecular complexity index is 1640. The van der Waals surface area contributed by atoms with E-state index in [0.717, 1.165) is 59.9 Å². The van der Waals surface area contributed by atoms with Crippen molar-refractivity contribution in [3.8, 4) is 21.8 Å². The molecule has 0 spiro atoms. The second-order valence-electron chi connectivity index (χ2n) is 9.97. The fourth-order valence-corrected chi connectivity index (χ4v) is 6.76. The monoisotopic (exact) mass is 495 g/mol. The number of carboxylic acid groups (broad SMARTS) is 1. The number of benzene rings is 2. The van der Waals surface area contributed by atoms with Gasteiger partial charge in [-0.3, -0.25) is 0 Å². The number of aromatic nitrogens is 3. The summed E-state index contributed by atoms with van der Waals surface area (Å²) in [5.41, 5.74) is 8.61. The molecule has 182 valence electrons. The largest absolute Gasteiger partial charge is 0.478 e. The molecule has 3 aromatic heterocycles. The molecule has 3 heterocycles. The summed E-state index contributed by atoms with van der Waals surface area (Å²) in [6.45, 7) is 5.97. The molecule has 1 fully saturated rings. The summed E-state index contributed by atoms with van der Waals surface area (Å²) in [6, 6.07) is 14.5. The predicted octanol–water partition coefficient (Wildman–Crippen LogP) is 8.18. The number of aromatic amines is 1. The molecule has 2 N–H and O–H groups in total. The van der Waals surface area contributed by atoms with Crippen molar-refractivity contribution in [2.75, 3.05) is 0 Å². The van der Waals surface area contributed by atoms with Gasteiger partial charge in [0.2, 0.25) is 0 Å². The van der Waals surface area contributed by atoms with Gasteiger partial charge in [0.25, 0.3) is 0 Å². The van der Waals surface area contributed by atoms with Crippen LogP contribution in [-0.2, 0) is 0 Å². The first-order valence-corrected chi connectivity index (χ1v) is 13.5. The number of nitrogens with zero attached hydrogens (tertiary/aromatic N) is 2. The van der Waals surface area contributed by atoms with Crippen LogP contribution < -0.4 is 0 Å².